The van der Waals surface area contributed by atoms with Crippen molar-refractivity contribution in [2.45, 2.75) is 46.2 Å². The van der Waals surface area contributed by atoms with Crippen molar-refractivity contribution in [3.63, 3.8) is 0 Å². The molecule has 0 spiro atoms. The van der Waals surface area contributed by atoms with Gasteiger partial charge in [-0.15, -0.1) is 0 Å². The van der Waals surface area contributed by atoms with Crippen LogP contribution in [0.2, 0.25) is 39.3 Å². The Morgan fingerprint density at radius 2 is 1.48 bits per heavy atom. The van der Waals surface area contributed by atoms with Gasteiger partial charge in [-0.3, -0.25) is 0 Å². The van der Waals surface area contributed by atoms with Crippen LogP contribution in [0.3, 0.4) is 0 Å². The lowest BCUT2D eigenvalue weighted by atomic mass is 10.0. The van der Waals surface area contributed by atoms with E-state index < -0.39 is 16.5 Å². The van der Waals surface area contributed by atoms with Crippen molar-refractivity contribution in [3.05, 3.63) is 41.6 Å². The van der Waals surface area contributed by atoms with Gasteiger partial charge in [-0.25, -0.2) is 0 Å². The van der Waals surface area contributed by atoms with E-state index in [9.17, 15) is 5.26 Å². The number of nitriles is 1. The molecular formula is C18H27N3Si2. The maximum atomic E-state index is 9.51. The minimum atomic E-state index is -1.60. The van der Waals surface area contributed by atoms with E-state index in [1.165, 1.54) is 11.1 Å². The lowest BCUT2D eigenvalue weighted by Crippen LogP contribution is -2.60. The molecule has 0 saturated heterocycles. The molecule has 1 heterocycles. The second kappa shape index (κ2) is 6.02. The summed E-state index contributed by atoms with van der Waals surface area (Å²) in [6, 6.07) is 12.8. The quantitative estimate of drug-likeness (QED) is 0.763. The summed E-state index contributed by atoms with van der Waals surface area (Å²) in [5.74, 6) is 1.14. The second-order valence-electron chi connectivity index (χ2n) is 8.00. The molecule has 1 aromatic carbocycles. The maximum Gasteiger partial charge on any atom is 0.139 e. The molecule has 1 aromatic heterocycles. The van der Waals surface area contributed by atoms with E-state index in [1.54, 1.807) is 0 Å². The molecule has 0 aliphatic carbocycles. The third-order valence-electron chi connectivity index (χ3n) is 3.97. The van der Waals surface area contributed by atoms with E-state index in [-0.39, 0.29) is 0 Å². The Balaban J connectivity index is 2.79. The number of hydrogen-bond donors (Lipinski definition) is 1. The first-order valence-electron chi connectivity index (χ1n) is 8.06. The van der Waals surface area contributed by atoms with Crippen LogP contribution in [-0.4, -0.2) is 21.5 Å². The molecule has 3 nitrogen and oxygen atoms in total. The van der Waals surface area contributed by atoms with Crippen LogP contribution in [0.1, 0.15) is 11.3 Å². The lowest BCUT2D eigenvalue weighted by Gasteiger charge is -2.45. The van der Waals surface area contributed by atoms with E-state index in [1.807, 2.05) is 13.0 Å². The van der Waals surface area contributed by atoms with Crippen molar-refractivity contribution in [2.75, 3.05) is 4.23 Å². The van der Waals surface area contributed by atoms with Gasteiger partial charge in [-0.05, 0) is 18.1 Å². The summed E-state index contributed by atoms with van der Waals surface area (Å²) in [5, 5.41) is 9.51. The highest BCUT2D eigenvalue weighted by molar-refractivity contribution is 6.99. The van der Waals surface area contributed by atoms with E-state index in [4.69, 9.17) is 0 Å². The number of aromatic nitrogens is 1. The van der Waals surface area contributed by atoms with Crippen LogP contribution >= 0.6 is 0 Å². The number of anilines is 1. The molecule has 0 amide bonds. The molecule has 2 rings (SSSR count). The summed E-state index contributed by atoms with van der Waals surface area (Å²) in [7, 11) is -3.19. The third kappa shape index (κ3) is 3.43. The van der Waals surface area contributed by atoms with Gasteiger partial charge in [0.15, 0.2) is 0 Å². The SMILES string of the molecule is Cc1c(C#N)[nH]c(N([Si](C)(C)C)[Si](C)(C)C)c1-c1ccccc1. The Morgan fingerprint density at radius 3 is 1.91 bits per heavy atom. The summed E-state index contributed by atoms with van der Waals surface area (Å²) < 4.78 is 2.65. The molecular weight excluding hydrogens is 314 g/mol. The number of nitrogens with one attached hydrogen (secondary N) is 1. The Labute approximate surface area is 142 Å². The summed E-state index contributed by atoms with van der Waals surface area (Å²) in [6.07, 6.45) is 0. The molecule has 0 fully saturated rings. The number of hydrogen-bond acceptors (Lipinski definition) is 2. The fraction of sp³-hybridized carbons (Fsp3) is 0.389. The van der Waals surface area contributed by atoms with Crippen LogP contribution in [0, 0.1) is 18.3 Å². The van der Waals surface area contributed by atoms with Crippen LogP contribution < -0.4 is 4.23 Å². The molecule has 0 radical (unpaired) electrons. The highest BCUT2D eigenvalue weighted by Crippen LogP contribution is 2.39. The zero-order valence-corrected chi connectivity index (χ0v) is 17.3. The van der Waals surface area contributed by atoms with Crippen molar-refractivity contribution in [2.24, 2.45) is 0 Å². The van der Waals surface area contributed by atoms with Crippen LogP contribution in [0.4, 0.5) is 5.82 Å². The lowest BCUT2D eigenvalue weighted by molar-refractivity contribution is 1.24. The van der Waals surface area contributed by atoms with Gasteiger partial charge in [0.1, 0.15) is 28.2 Å². The van der Waals surface area contributed by atoms with E-state index in [0.29, 0.717) is 5.69 Å². The zero-order chi connectivity index (χ0) is 17.4. The Bertz CT molecular complexity index is 715. The van der Waals surface area contributed by atoms with Gasteiger partial charge in [-0.2, -0.15) is 5.26 Å². The molecule has 0 aliphatic heterocycles. The summed E-state index contributed by atoms with van der Waals surface area (Å²) in [6.45, 7) is 16.3. The smallest absolute Gasteiger partial charge is 0.139 e. The predicted molar refractivity (Wildman–Crippen MR) is 105 cm³/mol. The van der Waals surface area contributed by atoms with E-state index in [0.717, 1.165) is 11.4 Å². The molecule has 2 aromatic rings. The maximum absolute atomic E-state index is 9.51. The van der Waals surface area contributed by atoms with Crippen molar-refractivity contribution in [1.29, 1.82) is 5.26 Å². The first-order chi connectivity index (χ1) is 10.6. The molecule has 1 N–H and O–H groups in total. The first-order valence-corrected chi connectivity index (χ1v) is 14.9. The molecule has 0 unspecified atom stereocenters. The van der Waals surface area contributed by atoms with Gasteiger partial charge in [0.25, 0.3) is 0 Å². The van der Waals surface area contributed by atoms with Crippen LogP contribution in [0.15, 0.2) is 30.3 Å². The monoisotopic (exact) mass is 341 g/mol. The molecule has 0 bridgehead atoms. The van der Waals surface area contributed by atoms with E-state index in [2.05, 4.69) is 78.8 Å². The minimum Gasteiger partial charge on any atom is -0.411 e. The number of rotatable bonds is 4. The highest BCUT2D eigenvalue weighted by atomic mass is 28.4. The predicted octanol–water partition coefficient (Wildman–Crippen LogP) is 5.34. The normalized spacial score (nSPS) is 12.1. The fourth-order valence-corrected chi connectivity index (χ4v) is 13.2. The zero-order valence-electron chi connectivity index (χ0n) is 15.3. The van der Waals surface area contributed by atoms with Gasteiger partial charge < -0.3 is 9.22 Å². The summed E-state index contributed by atoms with van der Waals surface area (Å²) >= 11 is 0. The van der Waals surface area contributed by atoms with Crippen molar-refractivity contribution in [1.82, 2.24) is 4.98 Å². The highest BCUT2D eigenvalue weighted by Gasteiger charge is 2.37. The number of benzene rings is 1. The first kappa shape index (κ1) is 17.6. The van der Waals surface area contributed by atoms with E-state index >= 15 is 0 Å². The van der Waals surface area contributed by atoms with Crippen molar-refractivity contribution < 1.29 is 0 Å². The van der Waals surface area contributed by atoms with Gasteiger partial charge in [0.05, 0.1) is 5.82 Å². The van der Waals surface area contributed by atoms with Crippen LogP contribution in [0.25, 0.3) is 11.1 Å². The van der Waals surface area contributed by atoms with Crippen LogP contribution in [0.5, 0.6) is 0 Å². The van der Waals surface area contributed by atoms with Gasteiger partial charge >= 0.3 is 0 Å². The second-order valence-corrected chi connectivity index (χ2v) is 18.0. The molecule has 5 heteroatoms. The third-order valence-corrected chi connectivity index (χ3v) is 11.1. The van der Waals surface area contributed by atoms with Crippen LogP contribution in [-0.2, 0) is 0 Å². The molecule has 0 aliphatic rings. The Hall–Kier alpha value is -1.78. The standard InChI is InChI=1S/C18H27N3Si2/c1-14-16(13-19)20-18(17(14)15-11-9-8-10-12-15)21(22(2,3)4)23(5,6)7/h8-12,20H,1-7H3. The molecule has 122 valence electrons. The van der Waals surface area contributed by atoms with Gasteiger partial charge in [-0.1, -0.05) is 69.6 Å². The van der Waals surface area contributed by atoms with Crippen molar-refractivity contribution in [3.8, 4) is 17.2 Å². The molecule has 23 heavy (non-hydrogen) atoms. The number of H-pyrrole nitrogens is 1. The minimum absolute atomic E-state index is 0.681. The largest absolute Gasteiger partial charge is 0.411 e. The number of aromatic amines is 1. The van der Waals surface area contributed by atoms with Crippen molar-refractivity contribution >= 4 is 22.3 Å². The summed E-state index contributed by atoms with van der Waals surface area (Å²) in [5.41, 5.74) is 4.10. The molecule has 0 atom stereocenters. The summed E-state index contributed by atoms with van der Waals surface area (Å²) in [4.78, 5) is 3.45. The topological polar surface area (TPSA) is 42.8 Å². The average molecular weight is 342 g/mol. The Morgan fingerprint density at radius 1 is 0.957 bits per heavy atom. The molecule has 0 saturated carbocycles. The average Bonchev–Trinajstić information content (AvgIpc) is 2.73. The van der Waals surface area contributed by atoms with Gasteiger partial charge in [0, 0.05) is 5.56 Å². The Kier molecular flexibility index (Phi) is 4.60. The van der Waals surface area contributed by atoms with Gasteiger partial charge in [0.2, 0.25) is 0 Å². The number of nitrogens with zero attached hydrogens (tertiary/aromatic N) is 2. The fourth-order valence-electron chi connectivity index (χ4n) is 3.49.